The van der Waals surface area contributed by atoms with E-state index < -0.39 is 0 Å². The van der Waals surface area contributed by atoms with E-state index in [1.165, 1.54) is 13.5 Å². The van der Waals surface area contributed by atoms with Crippen molar-refractivity contribution in [2.75, 3.05) is 6.61 Å². The van der Waals surface area contributed by atoms with Crippen LogP contribution in [-0.4, -0.2) is 34.8 Å². The number of aliphatic hydroxyl groups excluding tert-OH is 1. The Hall–Kier alpha value is -3.13. The van der Waals surface area contributed by atoms with E-state index in [-0.39, 0.29) is 17.9 Å². The van der Waals surface area contributed by atoms with E-state index in [0.717, 1.165) is 5.56 Å². The molecule has 0 unspecified atom stereocenters. The van der Waals surface area contributed by atoms with E-state index >= 15 is 0 Å². The van der Waals surface area contributed by atoms with Crippen molar-refractivity contribution in [3.8, 4) is 11.1 Å². The molecular formula is C17H17N5O3. The van der Waals surface area contributed by atoms with Crippen LogP contribution in [0.4, 0.5) is 0 Å². The number of aryl methyl sites for hydroxylation is 2. The van der Waals surface area contributed by atoms with Gasteiger partial charge in [-0.15, -0.1) is 0 Å². The molecular weight excluding hydrogens is 322 g/mol. The van der Waals surface area contributed by atoms with Gasteiger partial charge in [-0.3, -0.25) is 13.9 Å². The van der Waals surface area contributed by atoms with Gasteiger partial charge in [0.2, 0.25) is 5.78 Å². The van der Waals surface area contributed by atoms with Crippen molar-refractivity contribution in [2.24, 2.45) is 14.1 Å². The number of hydrogen-bond acceptors (Lipinski definition) is 4. The minimum absolute atomic E-state index is 0.0884. The molecule has 128 valence electrons. The van der Waals surface area contributed by atoms with Crippen molar-refractivity contribution in [1.29, 1.82) is 0 Å². The number of nitrogens with zero attached hydrogens (tertiary/aromatic N) is 5. The lowest BCUT2D eigenvalue weighted by Crippen LogP contribution is -2.24. The molecule has 4 aromatic rings. The zero-order valence-electron chi connectivity index (χ0n) is 13.9. The standard InChI is InChI=1S/C17H17N5O3/c1-19-13-14(20(2)17(19)25)22-15(24)12(11-6-4-3-5-7-11)10-21(8-9-23)16(22)18-13/h3-7,10,23H,8-9H2,1-2H3. The van der Waals surface area contributed by atoms with Gasteiger partial charge in [0.1, 0.15) is 0 Å². The van der Waals surface area contributed by atoms with Crippen LogP contribution in [0.1, 0.15) is 0 Å². The maximum absolute atomic E-state index is 13.2. The number of fused-ring (bicyclic) bond motifs is 3. The highest BCUT2D eigenvalue weighted by molar-refractivity contribution is 5.75. The van der Waals surface area contributed by atoms with E-state index in [2.05, 4.69) is 4.98 Å². The molecule has 4 rings (SSSR count). The summed E-state index contributed by atoms with van der Waals surface area (Å²) in [6, 6.07) is 9.30. The fourth-order valence-electron chi connectivity index (χ4n) is 3.18. The summed E-state index contributed by atoms with van der Waals surface area (Å²) >= 11 is 0. The lowest BCUT2D eigenvalue weighted by molar-refractivity contribution is 0.277. The molecule has 0 saturated heterocycles. The first-order valence-corrected chi connectivity index (χ1v) is 7.88. The Balaban J connectivity index is 2.21. The van der Waals surface area contributed by atoms with E-state index in [1.807, 2.05) is 30.3 Å². The van der Waals surface area contributed by atoms with Gasteiger partial charge in [0.05, 0.1) is 12.2 Å². The lowest BCUT2D eigenvalue weighted by Gasteiger charge is -2.10. The normalized spacial score (nSPS) is 11.6. The molecule has 8 heteroatoms. The highest BCUT2D eigenvalue weighted by atomic mass is 16.3. The van der Waals surface area contributed by atoms with Gasteiger partial charge in [-0.25, -0.2) is 9.20 Å². The van der Waals surface area contributed by atoms with Crippen LogP contribution in [0.25, 0.3) is 28.2 Å². The van der Waals surface area contributed by atoms with E-state index in [4.69, 9.17) is 0 Å². The summed E-state index contributed by atoms with van der Waals surface area (Å²) < 4.78 is 5.99. The van der Waals surface area contributed by atoms with Crippen molar-refractivity contribution in [2.45, 2.75) is 6.54 Å². The molecule has 0 amide bonds. The molecule has 25 heavy (non-hydrogen) atoms. The summed E-state index contributed by atoms with van der Waals surface area (Å²) in [6.07, 6.45) is 1.70. The predicted octanol–water partition coefficient (Wildman–Crippen LogP) is 0.346. The Morgan fingerprint density at radius 1 is 1.08 bits per heavy atom. The first-order valence-electron chi connectivity index (χ1n) is 7.88. The monoisotopic (exact) mass is 339 g/mol. The number of rotatable bonds is 3. The van der Waals surface area contributed by atoms with E-state index in [0.29, 0.717) is 29.2 Å². The molecule has 0 atom stereocenters. The highest BCUT2D eigenvalue weighted by Crippen LogP contribution is 2.19. The van der Waals surface area contributed by atoms with Crippen molar-refractivity contribution >= 4 is 17.1 Å². The van der Waals surface area contributed by atoms with Crippen LogP contribution < -0.4 is 11.2 Å². The second kappa shape index (κ2) is 5.45. The van der Waals surface area contributed by atoms with Gasteiger partial charge in [0.15, 0.2) is 11.3 Å². The predicted molar refractivity (Wildman–Crippen MR) is 93.7 cm³/mol. The molecule has 3 heterocycles. The second-order valence-electron chi connectivity index (χ2n) is 5.93. The molecule has 3 aromatic heterocycles. The van der Waals surface area contributed by atoms with Crippen LogP contribution in [0.5, 0.6) is 0 Å². The van der Waals surface area contributed by atoms with Gasteiger partial charge in [0.25, 0.3) is 5.56 Å². The summed E-state index contributed by atoms with van der Waals surface area (Å²) in [5, 5.41) is 9.39. The average molecular weight is 339 g/mol. The molecule has 0 saturated carbocycles. The molecule has 0 aliphatic carbocycles. The van der Waals surface area contributed by atoms with Crippen molar-refractivity contribution in [1.82, 2.24) is 23.1 Å². The fraction of sp³-hybridized carbons (Fsp3) is 0.235. The Morgan fingerprint density at radius 3 is 2.48 bits per heavy atom. The number of hydrogen-bond donors (Lipinski definition) is 1. The number of benzene rings is 1. The third kappa shape index (κ3) is 2.07. The molecule has 1 N–H and O–H groups in total. The van der Waals surface area contributed by atoms with Crippen LogP contribution in [0.15, 0.2) is 46.1 Å². The number of aromatic nitrogens is 5. The van der Waals surface area contributed by atoms with E-state index in [9.17, 15) is 14.7 Å². The summed E-state index contributed by atoms with van der Waals surface area (Å²) in [6.45, 7) is 0.204. The third-order valence-corrected chi connectivity index (χ3v) is 4.43. The maximum Gasteiger partial charge on any atom is 0.330 e. The first kappa shape index (κ1) is 15.4. The number of imidazole rings is 2. The van der Waals surface area contributed by atoms with Gasteiger partial charge in [-0.1, -0.05) is 30.3 Å². The van der Waals surface area contributed by atoms with Gasteiger partial charge in [0, 0.05) is 26.8 Å². The van der Waals surface area contributed by atoms with Crippen LogP contribution >= 0.6 is 0 Å². The minimum Gasteiger partial charge on any atom is -0.395 e. The molecule has 1 aromatic carbocycles. The smallest absolute Gasteiger partial charge is 0.330 e. The molecule has 0 fully saturated rings. The molecule has 0 aliphatic heterocycles. The maximum atomic E-state index is 13.2. The SMILES string of the molecule is Cn1c(=O)n(C)c2c1nc1n(CCO)cc(-c3ccccc3)c(=O)n12. The minimum atomic E-state index is -0.251. The lowest BCUT2D eigenvalue weighted by atomic mass is 10.1. The van der Waals surface area contributed by atoms with Crippen LogP contribution in [0.2, 0.25) is 0 Å². The summed E-state index contributed by atoms with van der Waals surface area (Å²) in [5.41, 5.74) is 1.63. The van der Waals surface area contributed by atoms with E-state index in [1.54, 1.807) is 24.9 Å². The molecule has 0 spiro atoms. The van der Waals surface area contributed by atoms with Crippen LogP contribution in [-0.2, 0) is 20.6 Å². The Bertz CT molecular complexity index is 1210. The van der Waals surface area contributed by atoms with Gasteiger partial charge < -0.3 is 9.67 Å². The Labute approximate surface area is 141 Å². The summed E-state index contributed by atoms with van der Waals surface area (Å²) in [7, 11) is 3.24. The molecule has 0 aliphatic rings. The van der Waals surface area contributed by atoms with Crippen molar-refractivity contribution in [3.63, 3.8) is 0 Å². The largest absolute Gasteiger partial charge is 0.395 e. The number of aliphatic hydroxyl groups is 1. The Morgan fingerprint density at radius 2 is 1.80 bits per heavy atom. The van der Waals surface area contributed by atoms with Crippen LogP contribution in [0, 0.1) is 0 Å². The van der Waals surface area contributed by atoms with Gasteiger partial charge in [-0.05, 0) is 5.56 Å². The van der Waals surface area contributed by atoms with Gasteiger partial charge in [-0.2, -0.15) is 4.98 Å². The Kier molecular flexibility index (Phi) is 3.36. The first-order chi connectivity index (χ1) is 12.0. The highest BCUT2D eigenvalue weighted by Gasteiger charge is 2.20. The topological polar surface area (TPSA) is 86.5 Å². The molecule has 0 bridgehead atoms. The third-order valence-electron chi connectivity index (χ3n) is 4.43. The average Bonchev–Trinajstić information content (AvgIpc) is 3.12. The molecule has 0 radical (unpaired) electrons. The second-order valence-corrected chi connectivity index (χ2v) is 5.93. The van der Waals surface area contributed by atoms with Crippen molar-refractivity contribution < 1.29 is 5.11 Å². The zero-order chi connectivity index (χ0) is 17.7. The zero-order valence-corrected chi connectivity index (χ0v) is 13.9. The van der Waals surface area contributed by atoms with Gasteiger partial charge >= 0.3 is 5.69 Å². The summed E-state index contributed by atoms with van der Waals surface area (Å²) in [4.78, 5) is 29.8. The fourth-order valence-corrected chi connectivity index (χ4v) is 3.18. The summed E-state index contributed by atoms with van der Waals surface area (Å²) in [5.74, 6) is 0.398. The quantitative estimate of drug-likeness (QED) is 0.583. The molecule has 8 nitrogen and oxygen atoms in total. The van der Waals surface area contributed by atoms with Crippen molar-refractivity contribution in [3.05, 3.63) is 57.4 Å². The van der Waals surface area contributed by atoms with Crippen LogP contribution in [0.3, 0.4) is 0 Å².